The molecule has 5 heteroatoms. The first-order valence-electron chi connectivity index (χ1n) is 4.53. The highest BCUT2D eigenvalue weighted by atomic mass is 32.1. The lowest BCUT2D eigenvalue weighted by Gasteiger charge is -2.13. The van der Waals surface area contributed by atoms with Crippen molar-refractivity contribution in [3.05, 3.63) is 5.82 Å². The van der Waals surface area contributed by atoms with Crippen LogP contribution in [0.5, 0.6) is 0 Å². The van der Waals surface area contributed by atoms with Crippen LogP contribution >= 0.6 is 11.5 Å². The molecule has 0 saturated heterocycles. The smallest absolute Gasteiger partial charge is 0.202 e. The van der Waals surface area contributed by atoms with Crippen LogP contribution in [0.2, 0.25) is 0 Å². The average Bonchev–Trinajstić information content (AvgIpc) is 2.50. The van der Waals surface area contributed by atoms with Gasteiger partial charge in [0.2, 0.25) is 5.13 Å². The Kier molecular flexibility index (Phi) is 4.11. The van der Waals surface area contributed by atoms with E-state index < -0.39 is 0 Å². The highest BCUT2D eigenvalue weighted by molar-refractivity contribution is 7.09. The highest BCUT2D eigenvalue weighted by Crippen LogP contribution is 2.12. The van der Waals surface area contributed by atoms with Gasteiger partial charge < -0.3 is 11.1 Å². The quantitative estimate of drug-likeness (QED) is 0.754. The van der Waals surface area contributed by atoms with Gasteiger partial charge in [0.15, 0.2) is 0 Å². The lowest BCUT2D eigenvalue weighted by atomic mass is 10.2. The second-order valence-electron chi connectivity index (χ2n) is 3.01. The van der Waals surface area contributed by atoms with Gasteiger partial charge in [0, 0.05) is 24.1 Å². The van der Waals surface area contributed by atoms with Gasteiger partial charge in [0.25, 0.3) is 0 Å². The number of nitrogens with one attached hydrogen (secondary N) is 1. The fourth-order valence-electron chi connectivity index (χ4n) is 1.13. The molecule has 4 nitrogen and oxygen atoms in total. The van der Waals surface area contributed by atoms with Crippen molar-refractivity contribution in [2.45, 2.75) is 32.7 Å². The summed E-state index contributed by atoms with van der Waals surface area (Å²) in [5.41, 5.74) is 5.61. The van der Waals surface area contributed by atoms with Gasteiger partial charge in [-0.3, -0.25) is 0 Å². The number of nitrogens with two attached hydrogens (primary N) is 1. The summed E-state index contributed by atoms with van der Waals surface area (Å²) in [6, 6.07) is 0.331. The number of nitrogens with zero attached hydrogens (tertiary/aromatic N) is 2. The zero-order valence-electron chi connectivity index (χ0n) is 8.08. The molecule has 1 atom stereocenters. The van der Waals surface area contributed by atoms with Crippen LogP contribution in [-0.4, -0.2) is 21.9 Å². The molecule has 1 heterocycles. The van der Waals surface area contributed by atoms with E-state index in [1.807, 2.05) is 6.92 Å². The molecule has 0 fully saturated rings. The summed E-state index contributed by atoms with van der Waals surface area (Å²) in [6.45, 7) is 4.68. The Labute approximate surface area is 82.7 Å². The van der Waals surface area contributed by atoms with Crippen LogP contribution in [0.1, 0.15) is 25.6 Å². The molecule has 0 aromatic carbocycles. The van der Waals surface area contributed by atoms with Gasteiger partial charge >= 0.3 is 0 Å². The number of hydrogen-bond acceptors (Lipinski definition) is 5. The van der Waals surface area contributed by atoms with Crippen molar-refractivity contribution < 1.29 is 0 Å². The maximum Gasteiger partial charge on any atom is 0.202 e. The summed E-state index contributed by atoms with van der Waals surface area (Å²) in [7, 11) is 0. The van der Waals surface area contributed by atoms with Crippen LogP contribution in [0.25, 0.3) is 0 Å². The summed E-state index contributed by atoms with van der Waals surface area (Å²) in [5, 5.41) is 4.15. The van der Waals surface area contributed by atoms with Gasteiger partial charge in [-0.25, -0.2) is 4.98 Å². The van der Waals surface area contributed by atoms with E-state index in [2.05, 4.69) is 21.6 Å². The third kappa shape index (κ3) is 3.28. The third-order valence-corrected chi connectivity index (χ3v) is 2.51. The SMILES string of the molecule is CCCC(CN)Nc1nc(C)ns1. The second-order valence-corrected chi connectivity index (χ2v) is 3.76. The molecule has 0 spiro atoms. The average molecular weight is 200 g/mol. The van der Waals surface area contributed by atoms with Crippen molar-refractivity contribution in [1.29, 1.82) is 0 Å². The number of anilines is 1. The molecule has 0 bridgehead atoms. The minimum absolute atomic E-state index is 0.331. The first kappa shape index (κ1) is 10.4. The summed E-state index contributed by atoms with van der Waals surface area (Å²) >= 11 is 1.39. The van der Waals surface area contributed by atoms with Gasteiger partial charge in [-0.05, 0) is 13.3 Å². The Balaban J connectivity index is 2.46. The normalized spacial score (nSPS) is 12.8. The van der Waals surface area contributed by atoms with Crippen molar-refractivity contribution in [3.63, 3.8) is 0 Å². The van der Waals surface area contributed by atoms with Crippen molar-refractivity contribution in [3.8, 4) is 0 Å². The standard InChI is InChI=1S/C8H16N4S/c1-3-4-7(5-9)11-8-10-6(2)12-13-8/h7H,3-5,9H2,1-2H3,(H,10,11,12). The molecular weight excluding hydrogens is 184 g/mol. The second kappa shape index (κ2) is 5.14. The predicted molar refractivity (Wildman–Crippen MR) is 56.0 cm³/mol. The van der Waals surface area contributed by atoms with E-state index in [1.165, 1.54) is 11.5 Å². The number of hydrogen-bond donors (Lipinski definition) is 2. The van der Waals surface area contributed by atoms with Crippen molar-refractivity contribution >= 4 is 16.7 Å². The van der Waals surface area contributed by atoms with Crippen LogP contribution < -0.4 is 11.1 Å². The molecule has 1 aromatic rings. The summed E-state index contributed by atoms with van der Waals surface area (Å²) in [4.78, 5) is 4.22. The monoisotopic (exact) mass is 200 g/mol. The minimum atomic E-state index is 0.331. The largest absolute Gasteiger partial charge is 0.356 e. The van der Waals surface area contributed by atoms with Gasteiger partial charge in [0.05, 0.1) is 0 Å². The van der Waals surface area contributed by atoms with Crippen molar-refractivity contribution in [2.24, 2.45) is 5.73 Å². The van der Waals surface area contributed by atoms with Crippen LogP contribution in [0.4, 0.5) is 5.13 Å². The molecule has 0 aliphatic heterocycles. The first-order valence-corrected chi connectivity index (χ1v) is 5.30. The lowest BCUT2D eigenvalue weighted by molar-refractivity contribution is 0.647. The Morgan fingerprint density at radius 2 is 2.38 bits per heavy atom. The Morgan fingerprint density at radius 3 is 2.85 bits per heavy atom. The molecule has 1 unspecified atom stereocenters. The van der Waals surface area contributed by atoms with E-state index >= 15 is 0 Å². The van der Waals surface area contributed by atoms with Gasteiger partial charge in [-0.1, -0.05) is 13.3 Å². The number of rotatable bonds is 5. The van der Waals surface area contributed by atoms with Crippen LogP contribution in [0, 0.1) is 6.92 Å². The van der Waals surface area contributed by atoms with E-state index in [0.29, 0.717) is 12.6 Å². The maximum absolute atomic E-state index is 5.61. The molecule has 74 valence electrons. The topological polar surface area (TPSA) is 63.8 Å². The van der Waals surface area contributed by atoms with E-state index in [0.717, 1.165) is 23.8 Å². The fraction of sp³-hybridized carbons (Fsp3) is 0.750. The molecule has 0 aliphatic carbocycles. The molecular formula is C8H16N4S. The molecule has 0 amide bonds. The molecule has 1 aromatic heterocycles. The predicted octanol–water partition coefficient (Wildman–Crippen LogP) is 1.39. The fourth-order valence-corrected chi connectivity index (χ4v) is 1.78. The molecule has 13 heavy (non-hydrogen) atoms. The van der Waals surface area contributed by atoms with Gasteiger partial charge in [0.1, 0.15) is 5.82 Å². The van der Waals surface area contributed by atoms with Gasteiger partial charge in [-0.15, -0.1) is 0 Å². The molecule has 0 radical (unpaired) electrons. The van der Waals surface area contributed by atoms with Crippen LogP contribution in [0.3, 0.4) is 0 Å². The van der Waals surface area contributed by atoms with E-state index in [-0.39, 0.29) is 0 Å². The molecule has 0 saturated carbocycles. The van der Waals surface area contributed by atoms with E-state index in [4.69, 9.17) is 5.73 Å². The zero-order valence-corrected chi connectivity index (χ0v) is 8.90. The minimum Gasteiger partial charge on any atom is -0.356 e. The van der Waals surface area contributed by atoms with Crippen LogP contribution in [0.15, 0.2) is 0 Å². The molecule has 1 rings (SSSR count). The summed E-state index contributed by atoms with van der Waals surface area (Å²) < 4.78 is 4.09. The molecule has 3 N–H and O–H groups in total. The summed E-state index contributed by atoms with van der Waals surface area (Å²) in [6.07, 6.45) is 2.21. The first-order chi connectivity index (χ1) is 6.26. The Hall–Kier alpha value is -0.680. The van der Waals surface area contributed by atoms with Gasteiger partial charge in [-0.2, -0.15) is 4.37 Å². The lowest BCUT2D eigenvalue weighted by Crippen LogP contribution is -2.28. The van der Waals surface area contributed by atoms with Crippen LogP contribution in [-0.2, 0) is 0 Å². The third-order valence-electron chi connectivity index (χ3n) is 1.78. The highest BCUT2D eigenvalue weighted by Gasteiger charge is 2.07. The van der Waals surface area contributed by atoms with Crippen molar-refractivity contribution in [2.75, 3.05) is 11.9 Å². The Morgan fingerprint density at radius 1 is 1.62 bits per heavy atom. The van der Waals surface area contributed by atoms with E-state index in [9.17, 15) is 0 Å². The number of aryl methyl sites for hydroxylation is 1. The van der Waals surface area contributed by atoms with Crippen molar-refractivity contribution in [1.82, 2.24) is 9.36 Å². The maximum atomic E-state index is 5.61. The Bertz CT molecular complexity index is 248. The van der Waals surface area contributed by atoms with E-state index in [1.54, 1.807) is 0 Å². The summed E-state index contributed by atoms with van der Waals surface area (Å²) in [5.74, 6) is 0.819. The number of aromatic nitrogens is 2. The molecule has 0 aliphatic rings. The zero-order chi connectivity index (χ0) is 9.68.